The van der Waals surface area contributed by atoms with Crippen LogP contribution in [0.15, 0.2) is 24.3 Å². The number of nitrogens with two attached hydrogens (primary N) is 1. The number of hydrogen-bond donors (Lipinski definition) is 1. The van der Waals surface area contributed by atoms with Gasteiger partial charge in [0.15, 0.2) is 0 Å². The van der Waals surface area contributed by atoms with Crippen LogP contribution in [0, 0.1) is 11.8 Å². The minimum Gasteiger partial charge on any atom is -0.338 e. The third-order valence-corrected chi connectivity index (χ3v) is 4.90. The Bertz CT molecular complexity index is 579. The largest absolute Gasteiger partial charge is 0.417 e. The fourth-order valence-corrected chi connectivity index (χ4v) is 3.77. The van der Waals surface area contributed by atoms with Gasteiger partial charge in [-0.3, -0.25) is 4.79 Å². The normalized spacial score (nSPS) is 27.3. The summed E-state index contributed by atoms with van der Waals surface area (Å²) in [5.41, 5.74) is 4.98. The molecular formula is C16H20ClF3N2O. The highest BCUT2D eigenvalue weighted by molar-refractivity contribution is 5.96. The van der Waals surface area contributed by atoms with Crippen LogP contribution < -0.4 is 5.73 Å². The van der Waals surface area contributed by atoms with Crippen molar-refractivity contribution in [1.82, 2.24) is 4.90 Å². The molecule has 7 heteroatoms. The van der Waals surface area contributed by atoms with Gasteiger partial charge >= 0.3 is 6.18 Å². The lowest BCUT2D eigenvalue weighted by Gasteiger charge is -2.29. The summed E-state index contributed by atoms with van der Waals surface area (Å²) in [7, 11) is 0. The van der Waals surface area contributed by atoms with E-state index in [1.807, 2.05) is 0 Å². The van der Waals surface area contributed by atoms with Gasteiger partial charge < -0.3 is 10.6 Å². The summed E-state index contributed by atoms with van der Waals surface area (Å²) in [6, 6.07) is 5.04. The second kappa shape index (κ2) is 6.69. The Morgan fingerprint density at radius 2 is 1.87 bits per heavy atom. The van der Waals surface area contributed by atoms with Crippen molar-refractivity contribution in [3.63, 3.8) is 0 Å². The average molecular weight is 349 g/mol. The zero-order valence-electron chi connectivity index (χ0n) is 12.6. The highest BCUT2D eigenvalue weighted by atomic mass is 35.5. The predicted octanol–water partition coefficient (Wildman–Crippen LogP) is 3.33. The highest BCUT2D eigenvalue weighted by Crippen LogP contribution is 2.37. The second-order valence-electron chi connectivity index (χ2n) is 6.27. The third kappa shape index (κ3) is 3.48. The number of carbonyl (C=O) groups is 1. The van der Waals surface area contributed by atoms with E-state index in [0.717, 1.165) is 25.3 Å². The molecule has 1 aromatic rings. The number of likely N-dealkylation sites (tertiary alicyclic amines) is 1. The number of halogens is 4. The van der Waals surface area contributed by atoms with Crippen molar-refractivity contribution in [1.29, 1.82) is 0 Å². The molecule has 0 radical (unpaired) electrons. The summed E-state index contributed by atoms with van der Waals surface area (Å²) >= 11 is 0. The molecule has 1 aromatic carbocycles. The molecule has 0 spiro atoms. The Labute approximate surface area is 139 Å². The van der Waals surface area contributed by atoms with Crippen molar-refractivity contribution >= 4 is 18.3 Å². The molecule has 23 heavy (non-hydrogen) atoms. The summed E-state index contributed by atoms with van der Waals surface area (Å²) in [5, 5.41) is 0. The van der Waals surface area contributed by atoms with Crippen molar-refractivity contribution in [3.05, 3.63) is 35.4 Å². The van der Waals surface area contributed by atoms with E-state index in [2.05, 4.69) is 0 Å². The number of hydrogen-bond acceptors (Lipinski definition) is 2. The quantitative estimate of drug-likeness (QED) is 0.846. The molecule has 3 nitrogen and oxygen atoms in total. The van der Waals surface area contributed by atoms with Gasteiger partial charge in [0.2, 0.25) is 0 Å². The maximum atomic E-state index is 13.1. The SMILES string of the molecule is Cl.NC1CCCC2CN(C(=O)c3ccccc3C(F)(F)F)CC12. The molecule has 1 saturated carbocycles. The third-order valence-electron chi connectivity index (χ3n) is 4.90. The maximum Gasteiger partial charge on any atom is 0.417 e. The summed E-state index contributed by atoms with van der Waals surface area (Å²) in [6.45, 7) is 0.986. The van der Waals surface area contributed by atoms with Crippen LogP contribution in [0.25, 0.3) is 0 Å². The van der Waals surface area contributed by atoms with Crippen LogP contribution in [-0.4, -0.2) is 29.9 Å². The summed E-state index contributed by atoms with van der Waals surface area (Å²) in [6.07, 6.45) is -1.55. The zero-order valence-corrected chi connectivity index (χ0v) is 13.4. The summed E-state index contributed by atoms with van der Waals surface area (Å²) in [4.78, 5) is 14.1. The smallest absolute Gasteiger partial charge is 0.338 e. The number of nitrogens with zero attached hydrogens (tertiary/aromatic N) is 1. The standard InChI is InChI=1S/C16H19F3N2O.ClH/c17-16(18,19)13-6-2-1-5-11(13)15(22)21-8-10-4-3-7-14(20)12(10)9-21;/h1-2,5-6,10,12,14H,3-4,7-9,20H2;1H. The molecule has 1 amide bonds. The molecule has 1 aliphatic carbocycles. The van der Waals surface area contributed by atoms with E-state index in [-0.39, 0.29) is 29.9 Å². The van der Waals surface area contributed by atoms with Crippen LogP contribution in [0.3, 0.4) is 0 Å². The van der Waals surface area contributed by atoms with E-state index in [4.69, 9.17) is 5.73 Å². The Balaban J connectivity index is 0.00000192. The number of benzene rings is 1. The van der Waals surface area contributed by atoms with Gasteiger partial charge in [-0.15, -0.1) is 12.4 Å². The van der Waals surface area contributed by atoms with Crippen molar-refractivity contribution in [2.75, 3.05) is 13.1 Å². The van der Waals surface area contributed by atoms with Crippen LogP contribution >= 0.6 is 12.4 Å². The van der Waals surface area contributed by atoms with Crippen molar-refractivity contribution < 1.29 is 18.0 Å². The molecule has 3 atom stereocenters. The zero-order chi connectivity index (χ0) is 15.9. The average Bonchev–Trinajstić information content (AvgIpc) is 2.91. The van der Waals surface area contributed by atoms with Crippen LogP contribution in [0.1, 0.15) is 35.2 Å². The topological polar surface area (TPSA) is 46.3 Å². The molecule has 1 heterocycles. The van der Waals surface area contributed by atoms with E-state index < -0.39 is 17.6 Å². The van der Waals surface area contributed by atoms with Gasteiger partial charge in [-0.1, -0.05) is 18.6 Å². The molecular weight excluding hydrogens is 329 g/mol. The van der Waals surface area contributed by atoms with Gasteiger partial charge in [-0.05, 0) is 36.8 Å². The van der Waals surface area contributed by atoms with Crippen LogP contribution in [0.2, 0.25) is 0 Å². The Hall–Kier alpha value is -1.27. The van der Waals surface area contributed by atoms with E-state index in [1.54, 1.807) is 4.90 Å². The number of alkyl halides is 3. The first-order valence-electron chi connectivity index (χ1n) is 7.59. The van der Waals surface area contributed by atoms with Gasteiger partial charge in [0, 0.05) is 19.1 Å². The van der Waals surface area contributed by atoms with Gasteiger partial charge in [0.05, 0.1) is 11.1 Å². The molecule has 1 saturated heterocycles. The first-order valence-corrected chi connectivity index (χ1v) is 7.59. The number of rotatable bonds is 1. The lowest BCUT2D eigenvalue weighted by molar-refractivity contribution is -0.138. The fraction of sp³-hybridized carbons (Fsp3) is 0.562. The van der Waals surface area contributed by atoms with Gasteiger partial charge in [0.1, 0.15) is 0 Å². The van der Waals surface area contributed by atoms with E-state index in [0.29, 0.717) is 19.0 Å². The van der Waals surface area contributed by atoms with E-state index >= 15 is 0 Å². The summed E-state index contributed by atoms with van der Waals surface area (Å²) < 4.78 is 39.2. The van der Waals surface area contributed by atoms with Gasteiger partial charge in [-0.25, -0.2) is 0 Å². The van der Waals surface area contributed by atoms with Crippen molar-refractivity contribution in [3.8, 4) is 0 Å². The van der Waals surface area contributed by atoms with Crippen LogP contribution in [0.4, 0.5) is 13.2 Å². The molecule has 128 valence electrons. The lowest BCUT2D eigenvalue weighted by Crippen LogP contribution is -2.38. The molecule has 2 aliphatic rings. The Kier molecular flexibility index (Phi) is 5.26. The second-order valence-corrected chi connectivity index (χ2v) is 6.27. The van der Waals surface area contributed by atoms with E-state index in [9.17, 15) is 18.0 Å². The molecule has 3 rings (SSSR count). The number of carbonyl (C=O) groups excluding carboxylic acids is 1. The summed E-state index contributed by atoms with van der Waals surface area (Å²) in [5.74, 6) is 0.0102. The monoisotopic (exact) mass is 348 g/mol. The maximum absolute atomic E-state index is 13.1. The first kappa shape index (κ1) is 18.1. The first-order chi connectivity index (χ1) is 10.4. The molecule has 2 fully saturated rings. The molecule has 1 aliphatic heterocycles. The van der Waals surface area contributed by atoms with Gasteiger partial charge in [0.25, 0.3) is 5.91 Å². The number of amides is 1. The highest BCUT2D eigenvalue weighted by Gasteiger charge is 2.42. The van der Waals surface area contributed by atoms with E-state index in [1.165, 1.54) is 18.2 Å². The van der Waals surface area contributed by atoms with Gasteiger partial charge in [-0.2, -0.15) is 13.2 Å². The van der Waals surface area contributed by atoms with Crippen molar-refractivity contribution in [2.45, 2.75) is 31.5 Å². The number of fused-ring (bicyclic) bond motifs is 1. The van der Waals surface area contributed by atoms with Crippen LogP contribution in [-0.2, 0) is 6.18 Å². The lowest BCUT2D eigenvalue weighted by atomic mass is 9.78. The Morgan fingerprint density at radius 3 is 2.52 bits per heavy atom. The minimum atomic E-state index is -4.52. The van der Waals surface area contributed by atoms with Crippen LogP contribution in [0.5, 0.6) is 0 Å². The minimum absolute atomic E-state index is 0. The molecule has 3 unspecified atom stereocenters. The fourth-order valence-electron chi connectivity index (χ4n) is 3.77. The molecule has 2 N–H and O–H groups in total. The Morgan fingerprint density at radius 1 is 1.17 bits per heavy atom. The molecule has 0 aromatic heterocycles. The predicted molar refractivity (Wildman–Crippen MR) is 83.4 cm³/mol. The molecule has 0 bridgehead atoms. The van der Waals surface area contributed by atoms with Crippen molar-refractivity contribution in [2.24, 2.45) is 17.6 Å².